The van der Waals surface area contributed by atoms with Gasteiger partial charge in [0.1, 0.15) is 0 Å². The Balaban J connectivity index is 1.64. The Kier molecular flexibility index (Phi) is 6.05. The molecule has 0 radical (unpaired) electrons. The van der Waals surface area contributed by atoms with Gasteiger partial charge in [0.25, 0.3) is 0 Å². The Hall–Kier alpha value is -0.870. The average Bonchev–Trinajstić information content (AvgIpc) is 2.80. The van der Waals surface area contributed by atoms with Crippen molar-refractivity contribution in [2.75, 3.05) is 26.2 Å². The number of carbonyl (C=O) groups excluding carboxylic acids is 1. The van der Waals surface area contributed by atoms with Crippen LogP contribution in [-0.4, -0.2) is 43.0 Å². The van der Waals surface area contributed by atoms with E-state index in [1.807, 2.05) is 0 Å². The Morgan fingerprint density at radius 2 is 2.35 bits per heavy atom. The molecule has 2 aliphatic rings. The quantitative estimate of drug-likeness (QED) is 0.727. The number of hydrogen-bond donors (Lipinski definition) is 2. The normalized spacial score (nSPS) is 27.4. The Morgan fingerprint density at radius 1 is 1.50 bits per heavy atom. The van der Waals surface area contributed by atoms with Crippen LogP contribution in [0.1, 0.15) is 45.4 Å². The lowest BCUT2D eigenvalue weighted by Gasteiger charge is -2.20. The number of carbonyl (C=O) groups is 1. The van der Waals surface area contributed by atoms with Gasteiger partial charge in [0.2, 0.25) is 5.91 Å². The van der Waals surface area contributed by atoms with Crippen LogP contribution in [0, 0.1) is 5.92 Å². The molecule has 1 heterocycles. The van der Waals surface area contributed by atoms with Crippen molar-refractivity contribution < 1.29 is 4.79 Å². The Morgan fingerprint density at radius 3 is 3.00 bits per heavy atom. The van der Waals surface area contributed by atoms with E-state index in [0.717, 1.165) is 32.5 Å². The van der Waals surface area contributed by atoms with Crippen LogP contribution in [0.4, 0.5) is 0 Å². The number of nitrogens with two attached hydrogens (primary N) is 1. The van der Waals surface area contributed by atoms with Gasteiger partial charge in [-0.2, -0.15) is 0 Å². The first-order chi connectivity index (χ1) is 9.69. The van der Waals surface area contributed by atoms with Crippen molar-refractivity contribution in [3.8, 4) is 0 Å². The highest BCUT2D eigenvalue weighted by Crippen LogP contribution is 2.21. The van der Waals surface area contributed by atoms with Gasteiger partial charge in [-0.1, -0.05) is 11.6 Å². The Labute approximate surface area is 122 Å². The second-order valence-electron chi connectivity index (χ2n) is 6.32. The fourth-order valence-corrected chi connectivity index (χ4v) is 3.34. The van der Waals surface area contributed by atoms with E-state index in [9.17, 15) is 4.79 Å². The zero-order valence-electron chi connectivity index (χ0n) is 12.7. The molecule has 2 unspecified atom stereocenters. The number of hydrogen-bond acceptors (Lipinski definition) is 3. The minimum absolute atomic E-state index is 0.158. The zero-order valence-corrected chi connectivity index (χ0v) is 12.7. The van der Waals surface area contributed by atoms with Crippen LogP contribution in [0.25, 0.3) is 0 Å². The van der Waals surface area contributed by atoms with Crippen molar-refractivity contribution in [1.29, 1.82) is 0 Å². The summed E-state index contributed by atoms with van der Waals surface area (Å²) in [6.45, 7) is 5.20. The third-order valence-electron chi connectivity index (χ3n) is 4.62. The van der Waals surface area contributed by atoms with Crippen LogP contribution in [0.2, 0.25) is 0 Å². The van der Waals surface area contributed by atoms with Gasteiger partial charge >= 0.3 is 0 Å². The molecule has 114 valence electrons. The fraction of sp³-hybridized carbons (Fsp3) is 0.812. The zero-order chi connectivity index (χ0) is 14.4. The van der Waals surface area contributed by atoms with E-state index >= 15 is 0 Å². The first-order valence-electron chi connectivity index (χ1n) is 8.07. The summed E-state index contributed by atoms with van der Waals surface area (Å²) in [6.07, 6.45) is 9.57. The smallest absolute Gasteiger partial charge is 0.234 e. The lowest BCUT2D eigenvalue weighted by molar-refractivity contribution is -0.122. The number of nitrogens with zero attached hydrogens (tertiary/aromatic N) is 1. The number of rotatable bonds is 6. The number of nitrogens with one attached hydrogen (secondary N) is 1. The minimum atomic E-state index is 0.158. The second-order valence-corrected chi connectivity index (χ2v) is 6.32. The predicted octanol–water partition coefficient (Wildman–Crippen LogP) is 1.66. The van der Waals surface area contributed by atoms with E-state index < -0.39 is 0 Å². The van der Waals surface area contributed by atoms with Crippen molar-refractivity contribution in [2.24, 2.45) is 11.7 Å². The van der Waals surface area contributed by atoms with Gasteiger partial charge in [0.15, 0.2) is 0 Å². The molecule has 1 saturated heterocycles. The molecule has 4 heteroatoms. The first kappa shape index (κ1) is 15.5. The second kappa shape index (κ2) is 7.79. The van der Waals surface area contributed by atoms with Gasteiger partial charge in [-0.05, 0) is 57.9 Å². The summed E-state index contributed by atoms with van der Waals surface area (Å²) in [7, 11) is 0. The maximum absolute atomic E-state index is 12.0. The van der Waals surface area contributed by atoms with E-state index in [2.05, 4.69) is 23.2 Å². The van der Waals surface area contributed by atoms with Gasteiger partial charge in [-0.15, -0.1) is 0 Å². The standard InChI is InChI=1S/C16H29N3O/c1-13-9-15(10-17)11-19(13)12-16(20)18-8-7-14-5-3-2-4-6-14/h5,13,15H,2-4,6-12,17H2,1H3,(H,18,20). The molecule has 1 fully saturated rings. The molecule has 3 N–H and O–H groups in total. The molecule has 1 amide bonds. The van der Waals surface area contributed by atoms with E-state index in [-0.39, 0.29) is 5.91 Å². The molecule has 2 atom stereocenters. The predicted molar refractivity (Wildman–Crippen MR) is 82.4 cm³/mol. The fourth-order valence-electron chi connectivity index (χ4n) is 3.34. The molecule has 0 aromatic carbocycles. The molecule has 0 spiro atoms. The largest absolute Gasteiger partial charge is 0.355 e. The van der Waals surface area contributed by atoms with E-state index in [1.165, 1.54) is 31.3 Å². The molecule has 2 rings (SSSR count). The molecule has 0 aromatic rings. The van der Waals surface area contributed by atoms with Crippen LogP contribution in [0.15, 0.2) is 11.6 Å². The van der Waals surface area contributed by atoms with E-state index in [1.54, 1.807) is 0 Å². The van der Waals surface area contributed by atoms with Crippen molar-refractivity contribution in [2.45, 2.75) is 51.5 Å². The van der Waals surface area contributed by atoms with E-state index in [4.69, 9.17) is 5.73 Å². The molecular weight excluding hydrogens is 250 g/mol. The lowest BCUT2D eigenvalue weighted by Crippen LogP contribution is -2.39. The third kappa shape index (κ3) is 4.60. The number of amides is 1. The van der Waals surface area contributed by atoms with Gasteiger partial charge in [0.05, 0.1) is 6.54 Å². The summed E-state index contributed by atoms with van der Waals surface area (Å²) in [6, 6.07) is 0.482. The summed E-state index contributed by atoms with van der Waals surface area (Å²) in [5.74, 6) is 0.719. The average molecular weight is 279 g/mol. The molecular formula is C16H29N3O. The van der Waals surface area contributed by atoms with E-state index in [0.29, 0.717) is 18.5 Å². The highest BCUT2D eigenvalue weighted by Gasteiger charge is 2.29. The Bertz CT molecular complexity index is 354. The molecule has 0 aromatic heterocycles. The number of likely N-dealkylation sites (tertiary alicyclic amines) is 1. The van der Waals surface area contributed by atoms with Crippen LogP contribution in [-0.2, 0) is 4.79 Å². The summed E-state index contributed by atoms with van der Waals surface area (Å²) in [4.78, 5) is 14.2. The molecule has 0 saturated carbocycles. The first-order valence-corrected chi connectivity index (χ1v) is 8.07. The highest BCUT2D eigenvalue weighted by atomic mass is 16.2. The maximum Gasteiger partial charge on any atom is 0.234 e. The highest BCUT2D eigenvalue weighted by molar-refractivity contribution is 5.78. The molecule has 1 aliphatic carbocycles. The van der Waals surface area contributed by atoms with Crippen LogP contribution in [0.5, 0.6) is 0 Å². The van der Waals surface area contributed by atoms with Crippen molar-refractivity contribution in [3.63, 3.8) is 0 Å². The monoisotopic (exact) mass is 279 g/mol. The van der Waals surface area contributed by atoms with Crippen LogP contribution < -0.4 is 11.1 Å². The van der Waals surface area contributed by atoms with Gasteiger partial charge in [0, 0.05) is 19.1 Å². The SMILES string of the molecule is CC1CC(CN)CN1CC(=O)NCCC1=CCCCC1. The minimum Gasteiger partial charge on any atom is -0.355 e. The molecule has 20 heavy (non-hydrogen) atoms. The summed E-state index contributed by atoms with van der Waals surface area (Å²) >= 11 is 0. The summed E-state index contributed by atoms with van der Waals surface area (Å²) in [5.41, 5.74) is 7.24. The number of allylic oxidation sites excluding steroid dienone is 1. The third-order valence-corrected chi connectivity index (χ3v) is 4.62. The van der Waals surface area contributed by atoms with Crippen LogP contribution in [0.3, 0.4) is 0 Å². The summed E-state index contributed by atoms with van der Waals surface area (Å²) in [5, 5.41) is 3.06. The maximum atomic E-state index is 12.0. The van der Waals surface area contributed by atoms with Crippen molar-refractivity contribution in [3.05, 3.63) is 11.6 Å². The summed E-state index contributed by atoms with van der Waals surface area (Å²) < 4.78 is 0. The van der Waals surface area contributed by atoms with Crippen molar-refractivity contribution >= 4 is 5.91 Å². The molecule has 0 bridgehead atoms. The van der Waals surface area contributed by atoms with Crippen molar-refractivity contribution in [1.82, 2.24) is 10.2 Å². The van der Waals surface area contributed by atoms with Gasteiger partial charge in [-0.25, -0.2) is 0 Å². The molecule has 4 nitrogen and oxygen atoms in total. The van der Waals surface area contributed by atoms with Gasteiger partial charge < -0.3 is 11.1 Å². The van der Waals surface area contributed by atoms with Gasteiger partial charge in [-0.3, -0.25) is 9.69 Å². The topological polar surface area (TPSA) is 58.4 Å². The van der Waals surface area contributed by atoms with Crippen LogP contribution >= 0.6 is 0 Å². The molecule has 1 aliphatic heterocycles. The lowest BCUT2D eigenvalue weighted by atomic mass is 9.97.